The van der Waals surface area contributed by atoms with Gasteiger partial charge in [-0.25, -0.2) is 4.98 Å². The smallest absolute Gasteiger partial charge is 0.0730 e. The molecule has 3 aromatic rings. The molecule has 1 aliphatic heterocycles. The van der Waals surface area contributed by atoms with Gasteiger partial charge in [-0.2, -0.15) is 0 Å². The van der Waals surface area contributed by atoms with Gasteiger partial charge in [-0.05, 0) is 37.1 Å². The molecule has 0 radical (unpaired) electrons. The van der Waals surface area contributed by atoms with Gasteiger partial charge in [-0.15, -0.1) is 0 Å². The fourth-order valence-electron chi connectivity index (χ4n) is 3.37. The summed E-state index contributed by atoms with van der Waals surface area (Å²) in [6.07, 6.45) is 5.33. The molecule has 1 aromatic heterocycles. The van der Waals surface area contributed by atoms with Crippen molar-refractivity contribution in [3.05, 3.63) is 48.5 Å². The van der Waals surface area contributed by atoms with Crippen molar-refractivity contribution in [3.63, 3.8) is 0 Å². The number of pyridine rings is 1. The van der Waals surface area contributed by atoms with Gasteiger partial charge in [0.15, 0.2) is 0 Å². The van der Waals surface area contributed by atoms with Crippen LogP contribution in [0.15, 0.2) is 48.5 Å². The van der Waals surface area contributed by atoms with Crippen LogP contribution in [0.1, 0.15) is 25.7 Å². The summed E-state index contributed by atoms with van der Waals surface area (Å²) in [6, 6.07) is 17.2. The lowest BCUT2D eigenvalue weighted by atomic mass is 10.1. The highest BCUT2D eigenvalue weighted by Crippen LogP contribution is 2.30. The van der Waals surface area contributed by atoms with Crippen molar-refractivity contribution < 1.29 is 0 Å². The van der Waals surface area contributed by atoms with E-state index >= 15 is 0 Å². The molecule has 0 aliphatic carbocycles. The molecule has 0 bridgehead atoms. The van der Waals surface area contributed by atoms with Crippen molar-refractivity contribution in [1.82, 2.24) is 4.98 Å². The van der Waals surface area contributed by atoms with Gasteiger partial charge in [-0.1, -0.05) is 37.1 Å². The largest absolute Gasteiger partial charge is 0.371 e. The molecule has 106 valence electrons. The van der Waals surface area contributed by atoms with E-state index in [4.69, 9.17) is 4.98 Å². The monoisotopic (exact) mass is 276 g/mol. The lowest BCUT2D eigenvalue weighted by molar-refractivity contribution is 0.726. The zero-order valence-electron chi connectivity index (χ0n) is 12.3. The summed E-state index contributed by atoms with van der Waals surface area (Å²) in [5.74, 6) is 0. The minimum absolute atomic E-state index is 1.08. The molecule has 2 aromatic carbocycles. The second-order valence-electron chi connectivity index (χ2n) is 5.93. The van der Waals surface area contributed by atoms with E-state index < -0.39 is 0 Å². The van der Waals surface area contributed by atoms with Crippen LogP contribution in [0.2, 0.25) is 0 Å². The Morgan fingerprint density at radius 3 is 2.38 bits per heavy atom. The summed E-state index contributed by atoms with van der Waals surface area (Å²) in [5, 5.41) is 2.52. The molecular weight excluding hydrogens is 256 g/mol. The van der Waals surface area contributed by atoms with E-state index in [2.05, 4.69) is 53.4 Å². The van der Waals surface area contributed by atoms with Gasteiger partial charge in [0.25, 0.3) is 0 Å². The van der Waals surface area contributed by atoms with Gasteiger partial charge in [-0.3, -0.25) is 0 Å². The number of hydrogen-bond donors (Lipinski definition) is 0. The summed E-state index contributed by atoms with van der Waals surface area (Å²) in [7, 11) is 0. The molecule has 4 rings (SSSR count). The quantitative estimate of drug-likeness (QED) is 0.595. The number of benzene rings is 2. The third kappa shape index (κ3) is 2.35. The first-order valence-corrected chi connectivity index (χ1v) is 7.95. The minimum atomic E-state index is 1.08. The normalized spacial score (nSPS) is 16.3. The second kappa shape index (κ2) is 5.36. The molecule has 2 heteroatoms. The lowest BCUT2D eigenvalue weighted by Gasteiger charge is -2.24. The van der Waals surface area contributed by atoms with Crippen molar-refractivity contribution in [2.45, 2.75) is 25.7 Å². The molecule has 0 amide bonds. The highest BCUT2D eigenvalue weighted by atomic mass is 15.1. The predicted octanol–water partition coefficient (Wildman–Crippen LogP) is 4.77. The van der Waals surface area contributed by atoms with Crippen molar-refractivity contribution in [2.24, 2.45) is 0 Å². The fourth-order valence-corrected chi connectivity index (χ4v) is 3.37. The molecule has 21 heavy (non-hydrogen) atoms. The maximum absolute atomic E-state index is 4.83. The second-order valence-corrected chi connectivity index (χ2v) is 5.93. The van der Waals surface area contributed by atoms with Gasteiger partial charge >= 0.3 is 0 Å². The molecule has 0 spiro atoms. The highest BCUT2D eigenvalue weighted by Gasteiger charge is 2.13. The Kier molecular flexibility index (Phi) is 3.23. The Bertz CT molecular complexity index is 771. The van der Waals surface area contributed by atoms with Crippen LogP contribution < -0.4 is 4.90 Å². The summed E-state index contributed by atoms with van der Waals surface area (Å²) in [4.78, 5) is 7.38. The topological polar surface area (TPSA) is 16.1 Å². The fraction of sp³-hybridized carbons (Fsp3) is 0.316. The zero-order valence-corrected chi connectivity index (χ0v) is 12.3. The number of fused-ring (bicyclic) bond motifs is 2. The van der Waals surface area contributed by atoms with Crippen molar-refractivity contribution >= 4 is 27.5 Å². The molecule has 0 saturated carbocycles. The molecule has 1 fully saturated rings. The zero-order chi connectivity index (χ0) is 14.1. The van der Waals surface area contributed by atoms with Crippen molar-refractivity contribution in [3.8, 4) is 0 Å². The van der Waals surface area contributed by atoms with Crippen LogP contribution in [0.25, 0.3) is 21.8 Å². The van der Waals surface area contributed by atoms with Gasteiger partial charge in [0.05, 0.1) is 11.0 Å². The number of hydrogen-bond acceptors (Lipinski definition) is 2. The SMILES string of the molecule is c1ccc2nc3cccc(N4CCCCCC4)c3cc2c1. The summed E-state index contributed by atoms with van der Waals surface area (Å²) < 4.78 is 0. The first-order chi connectivity index (χ1) is 10.4. The average molecular weight is 276 g/mol. The number of para-hydroxylation sites is 1. The third-order valence-electron chi connectivity index (χ3n) is 4.48. The molecule has 0 unspecified atom stereocenters. The third-order valence-corrected chi connectivity index (χ3v) is 4.48. The van der Waals surface area contributed by atoms with E-state index in [9.17, 15) is 0 Å². The standard InChI is InChI=1S/C19H20N2/c1-2-6-13-21(12-5-1)19-11-7-10-18-16(19)14-15-8-3-4-9-17(15)20-18/h3-4,7-11,14H,1-2,5-6,12-13H2. The van der Waals surface area contributed by atoms with Gasteiger partial charge in [0.2, 0.25) is 0 Å². The van der Waals surface area contributed by atoms with Gasteiger partial charge in [0, 0.05) is 29.5 Å². The van der Waals surface area contributed by atoms with E-state index in [1.165, 1.54) is 55.2 Å². The average Bonchev–Trinajstić information content (AvgIpc) is 2.81. The van der Waals surface area contributed by atoms with E-state index in [-0.39, 0.29) is 0 Å². The van der Waals surface area contributed by atoms with Crippen LogP contribution >= 0.6 is 0 Å². The first kappa shape index (κ1) is 12.6. The minimum Gasteiger partial charge on any atom is -0.371 e. The molecule has 2 nitrogen and oxygen atoms in total. The Labute approximate surface area is 125 Å². The lowest BCUT2D eigenvalue weighted by Crippen LogP contribution is -2.24. The maximum atomic E-state index is 4.83. The van der Waals surface area contributed by atoms with E-state index in [0.29, 0.717) is 0 Å². The summed E-state index contributed by atoms with van der Waals surface area (Å²) in [6.45, 7) is 2.35. The Balaban J connectivity index is 1.89. The molecule has 0 atom stereocenters. The van der Waals surface area contributed by atoms with Crippen LogP contribution in [0.5, 0.6) is 0 Å². The number of rotatable bonds is 1. The summed E-state index contributed by atoms with van der Waals surface area (Å²) in [5.41, 5.74) is 3.54. The van der Waals surface area contributed by atoms with Gasteiger partial charge < -0.3 is 4.90 Å². The van der Waals surface area contributed by atoms with Crippen LogP contribution in [0, 0.1) is 0 Å². The van der Waals surface area contributed by atoms with Crippen LogP contribution in [0.3, 0.4) is 0 Å². The van der Waals surface area contributed by atoms with Crippen molar-refractivity contribution in [2.75, 3.05) is 18.0 Å². The van der Waals surface area contributed by atoms with Gasteiger partial charge in [0.1, 0.15) is 0 Å². The van der Waals surface area contributed by atoms with E-state index in [1.54, 1.807) is 0 Å². The molecule has 1 saturated heterocycles. The summed E-state index contributed by atoms with van der Waals surface area (Å²) >= 11 is 0. The molecular formula is C19H20N2. The Morgan fingerprint density at radius 2 is 1.52 bits per heavy atom. The Morgan fingerprint density at radius 1 is 0.762 bits per heavy atom. The molecule has 0 N–H and O–H groups in total. The highest BCUT2D eigenvalue weighted by molar-refractivity contribution is 5.99. The van der Waals surface area contributed by atoms with Crippen LogP contribution in [0.4, 0.5) is 5.69 Å². The number of anilines is 1. The molecule has 1 aliphatic rings. The maximum Gasteiger partial charge on any atom is 0.0730 e. The van der Waals surface area contributed by atoms with Crippen LogP contribution in [-0.2, 0) is 0 Å². The van der Waals surface area contributed by atoms with Crippen molar-refractivity contribution in [1.29, 1.82) is 0 Å². The first-order valence-electron chi connectivity index (χ1n) is 7.95. The number of nitrogens with zero attached hydrogens (tertiary/aromatic N) is 2. The van der Waals surface area contributed by atoms with E-state index in [0.717, 1.165) is 11.0 Å². The van der Waals surface area contributed by atoms with E-state index in [1.807, 2.05) is 0 Å². The Hall–Kier alpha value is -2.09. The number of aromatic nitrogens is 1. The van der Waals surface area contributed by atoms with Crippen LogP contribution in [-0.4, -0.2) is 18.1 Å². The molecule has 2 heterocycles. The predicted molar refractivity (Wildman–Crippen MR) is 89.9 cm³/mol.